The van der Waals surface area contributed by atoms with Crippen molar-refractivity contribution in [3.8, 4) is 5.75 Å². The molecule has 0 spiro atoms. The molecule has 0 aliphatic rings. The molecule has 2 rings (SSSR count). The SMILES string of the molecule is O=S(=O)(Nc1ccc(O)c(Cl)c1)c1cc(Cl)sc1Cl. The van der Waals surface area contributed by atoms with Crippen LogP contribution in [0.5, 0.6) is 5.75 Å². The number of anilines is 1. The van der Waals surface area contributed by atoms with Gasteiger partial charge in [0.2, 0.25) is 0 Å². The molecule has 0 atom stereocenters. The summed E-state index contributed by atoms with van der Waals surface area (Å²) in [6.07, 6.45) is 0. The van der Waals surface area contributed by atoms with Gasteiger partial charge in [0.05, 0.1) is 15.0 Å². The number of phenols is 1. The Balaban J connectivity index is 2.36. The van der Waals surface area contributed by atoms with Crippen molar-refractivity contribution < 1.29 is 13.5 Å². The zero-order valence-electron chi connectivity index (χ0n) is 9.02. The van der Waals surface area contributed by atoms with Gasteiger partial charge < -0.3 is 5.11 Å². The molecule has 0 aliphatic carbocycles. The van der Waals surface area contributed by atoms with E-state index in [1.165, 1.54) is 24.3 Å². The Morgan fingerprint density at radius 1 is 1.16 bits per heavy atom. The maximum absolute atomic E-state index is 12.1. The van der Waals surface area contributed by atoms with Crippen molar-refractivity contribution in [2.45, 2.75) is 4.90 Å². The molecule has 1 aromatic carbocycles. The summed E-state index contributed by atoms with van der Waals surface area (Å²) in [4.78, 5) is -0.103. The number of sulfonamides is 1. The number of hydrogen-bond donors (Lipinski definition) is 2. The average Bonchev–Trinajstić information content (AvgIpc) is 2.63. The summed E-state index contributed by atoms with van der Waals surface area (Å²) < 4.78 is 26.8. The Labute approximate surface area is 128 Å². The highest BCUT2D eigenvalue weighted by Crippen LogP contribution is 2.35. The summed E-state index contributed by atoms with van der Waals surface area (Å²) in [5.41, 5.74) is 0.209. The lowest BCUT2D eigenvalue weighted by Gasteiger charge is -2.07. The van der Waals surface area contributed by atoms with Crippen LogP contribution in [0.1, 0.15) is 0 Å². The first kappa shape index (κ1) is 14.7. The van der Waals surface area contributed by atoms with Gasteiger partial charge in [0.1, 0.15) is 15.0 Å². The van der Waals surface area contributed by atoms with Crippen LogP contribution in [0.25, 0.3) is 0 Å². The van der Waals surface area contributed by atoms with Crippen molar-refractivity contribution in [1.29, 1.82) is 0 Å². The molecule has 4 nitrogen and oxygen atoms in total. The number of rotatable bonds is 3. The number of benzene rings is 1. The van der Waals surface area contributed by atoms with E-state index in [1.807, 2.05) is 0 Å². The van der Waals surface area contributed by atoms with Crippen LogP contribution in [0, 0.1) is 0 Å². The Bertz CT molecular complexity index is 728. The second kappa shape index (κ2) is 5.38. The third-order valence-corrected chi connectivity index (χ3v) is 5.55. The van der Waals surface area contributed by atoms with Crippen molar-refractivity contribution in [2.75, 3.05) is 4.72 Å². The number of hydrogen-bond acceptors (Lipinski definition) is 4. The molecule has 0 aliphatic heterocycles. The Kier molecular flexibility index (Phi) is 4.17. The quantitative estimate of drug-likeness (QED) is 0.808. The number of phenolic OH excluding ortho intramolecular Hbond substituents is 1. The minimum Gasteiger partial charge on any atom is -0.506 e. The predicted octanol–water partition coefficient (Wildman–Crippen LogP) is 4.21. The van der Waals surface area contributed by atoms with E-state index in [9.17, 15) is 13.5 Å². The minimum absolute atomic E-state index is 0.0367. The molecule has 2 aromatic rings. The van der Waals surface area contributed by atoms with E-state index in [0.717, 1.165) is 11.3 Å². The van der Waals surface area contributed by atoms with Crippen molar-refractivity contribution in [3.63, 3.8) is 0 Å². The molecule has 9 heteroatoms. The van der Waals surface area contributed by atoms with Crippen LogP contribution in [-0.2, 0) is 10.0 Å². The van der Waals surface area contributed by atoms with Gasteiger partial charge in [0, 0.05) is 0 Å². The van der Waals surface area contributed by atoms with E-state index in [-0.39, 0.29) is 30.0 Å². The smallest absolute Gasteiger partial charge is 0.264 e. The van der Waals surface area contributed by atoms with Gasteiger partial charge in [-0.3, -0.25) is 4.72 Å². The number of aromatic hydroxyl groups is 1. The topological polar surface area (TPSA) is 66.4 Å². The fourth-order valence-corrected chi connectivity index (χ4v) is 4.67. The third kappa shape index (κ3) is 3.27. The molecule has 1 aromatic heterocycles. The van der Waals surface area contributed by atoms with Gasteiger partial charge in [0.25, 0.3) is 10.0 Å². The first-order valence-corrected chi connectivity index (χ1v) is 8.19. The monoisotopic (exact) mass is 357 g/mol. The van der Waals surface area contributed by atoms with Gasteiger partial charge in [-0.1, -0.05) is 34.8 Å². The summed E-state index contributed by atoms with van der Waals surface area (Å²) in [7, 11) is -3.85. The van der Waals surface area contributed by atoms with Crippen LogP contribution in [0.4, 0.5) is 5.69 Å². The highest BCUT2D eigenvalue weighted by atomic mass is 35.5. The van der Waals surface area contributed by atoms with Crippen LogP contribution in [0.3, 0.4) is 0 Å². The molecule has 0 saturated heterocycles. The third-order valence-electron chi connectivity index (χ3n) is 2.11. The highest BCUT2D eigenvalue weighted by molar-refractivity contribution is 7.93. The summed E-state index contributed by atoms with van der Waals surface area (Å²) in [5, 5.41) is 9.30. The number of halogens is 3. The van der Waals surface area contributed by atoms with E-state index < -0.39 is 10.0 Å². The van der Waals surface area contributed by atoms with Gasteiger partial charge in [-0.15, -0.1) is 11.3 Å². The van der Waals surface area contributed by atoms with Gasteiger partial charge in [-0.2, -0.15) is 0 Å². The molecular weight excluding hydrogens is 353 g/mol. The molecule has 0 amide bonds. The van der Waals surface area contributed by atoms with Crippen LogP contribution >= 0.6 is 46.1 Å². The predicted molar refractivity (Wildman–Crippen MR) is 78.3 cm³/mol. The minimum atomic E-state index is -3.85. The molecule has 0 saturated carbocycles. The standard InChI is InChI=1S/C10H6Cl3NO3S2/c11-6-3-5(1-2-7(6)15)14-19(16,17)8-4-9(12)18-10(8)13/h1-4,14-15H. The fraction of sp³-hybridized carbons (Fsp3) is 0. The lowest BCUT2D eigenvalue weighted by molar-refractivity contribution is 0.475. The summed E-state index contributed by atoms with van der Waals surface area (Å²) in [6.45, 7) is 0. The summed E-state index contributed by atoms with van der Waals surface area (Å²) in [6, 6.07) is 5.21. The average molecular weight is 359 g/mol. The van der Waals surface area contributed by atoms with Crippen molar-refractivity contribution >= 4 is 61.9 Å². The molecule has 0 radical (unpaired) electrons. The lowest BCUT2D eigenvalue weighted by atomic mass is 10.3. The van der Waals surface area contributed by atoms with Crippen molar-refractivity contribution in [1.82, 2.24) is 0 Å². The van der Waals surface area contributed by atoms with E-state index in [0.29, 0.717) is 0 Å². The number of thiophene rings is 1. The van der Waals surface area contributed by atoms with E-state index in [2.05, 4.69) is 4.72 Å². The first-order valence-electron chi connectivity index (χ1n) is 4.76. The Hall–Kier alpha value is -0.660. The van der Waals surface area contributed by atoms with Crippen LogP contribution in [-0.4, -0.2) is 13.5 Å². The molecule has 1 heterocycles. The lowest BCUT2D eigenvalue weighted by Crippen LogP contribution is -2.12. The van der Waals surface area contributed by atoms with E-state index in [1.54, 1.807) is 0 Å². The second-order valence-corrected chi connectivity index (χ2v) is 7.80. The zero-order valence-corrected chi connectivity index (χ0v) is 12.9. The highest BCUT2D eigenvalue weighted by Gasteiger charge is 2.21. The Morgan fingerprint density at radius 2 is 1.84 bits per heavy atom. The van der Waals surface area contributed by atoms with Gasteiger partial charge in [-0.25, -0.2) is 8.42 Å². The number of nitrogens with one attached hydrogen (secondary N) is 1. The van der Waals surface area contributed by atoms with Crippen molar-refractivity contribution in [2.24, 2.45) is 0 Å². The van der Waals surface area contributed by atoms with Crippen LogP contribution in [0.15, 0.2) is 29.2 Å². The zero-order chi connectivity index (χ0) is 14.2. The van der Waals surface area contributed by atoms with Crippen molar-refractivity contribution in [3.05, 3.63) is 38.0 Å². The molecule has 0 unspecified atom stereocenters. The molecule has 2 N–H and O–H groups in total. The molecule has 0 fully saturated rings. The fourth-order valence-electron chi connectivity index (χ4n) is 1.29. The maximum Gasteiger partial charge on any atom is 0.264 e. The Morgan fingerprint density at radius 3 is 2.37 bits per heavy atom. The molecule has 0 bridgehead atoms. The van der Waals surface area contributed by atoms with Gasteiger partial charge >= 0.3 is 0 Å². The maximum atomic E-state index is 12.1. The van der Waals surface area contributed by atoms with Gasteiger partial charge in [0.15, 0.2) is 0 Å². The normalized spacial score (nSPS) is 11.5. The second-order valence-electron chi connectivity index (χ2n) is 3.46. The largest absolute Gasteiger partial charge is 0.506 e. The molecular formula is C10H6Cl3NO3S2. The molecule has 102 valence electrons. The molecule has 19 heavy (non-hydrogen) atoms. The van der Waals surface area contributed by atoms with E-state index >= 15 is 0 Å². The van der Waals surface area contributed by atoms with E-state index in [4.69, 9.17) is 34.8 Å². The van der Waals surface area contributed by atoms with Crippen LogP contribution in [0.2, 0.25) is 13.7 Å². The van der Waals surface area contributed by atoms with Gasteiger partial charge in [-0.05, 0) is 24.3 Å². The van der Waals surface area contributed by atoms with Crippen LogP contribution < -0.4 is 4.72 Å². The summed E-state index contributed by atoms with van der Waals surface area (Å²) in [5.74, 6) is -0.138. The summed E-state index contributed by atoms with van der Waals surface area (Å²) >= 11 is 18.2. The first-order chi connectivity index (χ1) is 8.79.